The molecule has 0 bridgehead atoms. The number of piperidine rings is 1. The Balaban J connectivity index is 1.78. The molecule has 2 aromatic carbocycles. The Bertz CT molecular complexity index is 830. The van der Waals surface area contributed by atoms with Gasteiger partial charge in [0.15, 0.2) is 0 Å². The summed E-state index contributed by atoms with van der Waals surface area (Å²) in [5, 5.41) is 8.87. The van der Waals surface area contributed by atoms with Crippen molar-refractivity contribution in [1.29, 1.82) is 5.26 Å². The van der Waals surface area contributed by atoms with E-state index in [-0.39, 0.29) is 11.9 Å². The van der Waals surface area contributed by atoms with Gasteiger partial charge in [-0.2, -0.15) is 5.26 Å². The Morgan fingerprint density at radius 1 is 1.04 bits per heavy atom. The Hall–Kier alpha value is -3.13. The van der Waals surface area contributed by atoms with E-state index in [0.29, 0.717) is 37.1 Å². The summed E-state index contributed by atoms with van der Waals surface area (Å²) < 4.78 is 5.08. The highest BCUT2D eigenvalue weighted by Gasteiger charge is 2.44. The van der Waals surface area contributed by atoms with Crippen LogP contribution in [0.5, 0.6) is 0 Å². The molecule has 1 heterocycles. The SMILES string of the molecule is COC(=O)C1(c2ccccc2)CCN(C(=O)c2ccc(C#N)cc2)CC1. The fraction of sp³-hybridized carbons (Fsp3) is 0.286. The van der Waals surface area contributed by atoms with Gasteiger partial charge in [0, 0.05) is 18.7 Å². The molecule has 1 aliphatic heterocycles. The van der Waals surface area contributed by atoms with E-state index in [4.69, 9.17) is 10.00 Å². The van der Waals surface area contributed by atoms with Crippen LogP contribution in [0.4, 0.5) is 0 Å². The fourth-order valence-corrected chi connectivity index (χ4v) is 3.52. The van der Waals surface area contributed by atoms with Gasteiger partial charge in [-0.25, -0.2) is 0 Å². The van der Waals surface area contributed by atoms with Crippen LogP contribution < -0.4 is 0 Å². The van der Waals surface area contributed by atoms with Crippen LogP contribution in [0.3, 0.4) is 0 Å². The fourth-order valence-electron chi connectivity index (χ4n) is 3.52. The number of rotatable bonds is 3. The van der Waals surface area contributed by atoms with E-state index in [2.05, 4.69) is 0 Å². The van der Waals surface area contributed by atoms with Gasteiger partial charge in [-0.3, -0.25) is 9.59 Å². The highest BCUT2D eigenvalue weighted by molar-refractivity contribution is 5.94. The standard InChI is InChI=1S/C21H20N2O3/c1-26-20(25)21(18-5-3-2-4-6-18)11-13-23(14-12-21)19(24)17-9-7-16(15-22)8-10-17/h2-10H,11-14H2,1H3. The van der Waals surface area contributed by atoms with Gasteiger partial charge in [-0.1, -0.05) is 30.3 Å². The van der Waals surface area contributed by atoms with Gasteiger partial charge in [0.25, 0.3) is 5.91 Å². The largest absolute Gasteiger partial charge is 0.468 e. The molecule has 132 valence electrons. The number of likely N-dealkylation sites (tertiary alicyclic amines) is 1. The molecule has 26 heavy (non-hydrogen) atoms. The molecule has 1 fully saturated rings. The minimum Gasteiger partial charge on any atom is -0.468 e. The van der Waals surface area contributed by atoms with Crippen molar-refractivity contribution in [3.63, 3.8) is 0 Å². The normalized spacial score (nSPS) is 15.8. The minimum atomic E-state index is -0.711. The number of methoxy groups -OCH3 is 1. The molecule has 1 saturated heterocycles. The van der Waals surface area contributed by atoms with Crippen LogP contribution in [0.15, 0.2) is 54.6 Å². The summed E-state index contributed by atoms with van der Waals surface area (Å²) in [5.74, 6) is -0.338. The first kappa shape index (κ1) is 17.7. The summed E-state index contributed by atoms with van der Waals surface area (Å²) >= 11 is 0. The number of carbonyl (C=O) groups is 2. The zero-order chi connectivity index (χ0) is 18.6. The minimum absolute atomic E-state index is 0.0824. The van der Waals surface area contributed by atoms with Crippen LogP contribution in [0.1, 0.15) is 34.3 Å². The first-order valence-electron chi connectivity index (χ1n) is 8.54. The molecule has 0 spiro atoms. The molecule has 5 nitrogen and oxygen atoms in total. The molecule has 1 aliphatic rings. The van der Waals surface area contributed by atoms with Gasteiger partial charge in [0.05, 0.1) is 24.2 Å². The van der Waals surface area contributed by atoms with Gasteiger partial charge in [0.2, 0.25) is 0 Å². The molecule has 3 rings (SSSR count). The zero-order valence-electron chi connectivity index (χ0n) is 14.6. The molecule has 0 saturated carbocycles. The third-order valence-corrected chi connectivity index (χ3v) is 5.07. The van der Waals surface area contributed by atoms with E-state index in [1.54, 1.807) is 29.2 Å². The van der Waals surface area contributed by atoms with Crippen molar-refractivity contribution in [3.8, 4) is 6.07 Å². The number of hydrogen-bond acceptors (Lipinski definition) is 4. The van der Waals surface area contributed by atoms with E-state index in [0.717, 1.165) is 5.56 Å². The summed E-state index contributed by atoms with van der Waals surface area (Å²) in [6.07, 6.45) is 1.04. The molecule has 0 radical (unpaired) electrons. The van der Waals surface area contributed by atoms with E-state index >= 15 is 0 Å². The van der Waals surface area contributed by atoms with E-state index in [1.165, 1.54) is 7.11 Å². The molecular weight excluding hydrogens is 328 g/mol. The van der Waals surface area contributed by atoms with E-state index in [1.807, 2.05) is 36.4 Å². The van der Waals surface area contributed by atoms with Crippen molar-refractivity contribution >= 4 is 11.9 Å². The topological polar surface area (TPSA) is 70.4 Å². The number of hydrogen-bond donors (Lipinski definition) is 0. The lowest BCUT2D eigenvalue weighted by Crippen LogP contribution is -2.49. The van der Waals surface area contributed by atoms with Crippen LogP contribution in [-0.2, 0) is 14.9 Å². The van der Waals surface area contributed by atoms with Crippen molar-refractivity contribution in [1.82, 2.24) is 4.90 Å². The number of benzene rings is 2. The van der Waals surface area contributed by atoms with E-state index < -0.39 is 5.41 Å². The van der Waals surface area contributed by atoms with Crippen molar-refractivity contribution in [2.24, 2.45) is 0 Å². The number of ether oxygens (including phenoxy) is 1. The van der Waals surface area contributed by atoms with Crippen LogP contribution in [0.2, 0.25) is 0 Å². The maximum atomic E-state index is 12.7. The van der Waals surface area contributed by atoms with Crippen molar-refractivity contribution in [3.05, 3.63) is 71.3 Å². The van der Waals surface area contributed by atoms with Crippen LogP contribution in [0.25, 0.3) is 0 Å². The highest BCUT2D eigenvalue weighted by Crippen LogP contribution is 2.37. The summed E-state index contributed by atoms with van der Waals surface area (Å²) in [7, 11) is 1.40. The summed E-state index contributed by atoms with van der Waals surface area (Å²) in [6, 6.07) is 18.3. The molecule has 5 heteroatoms. The van der Waals surface area contributed by atoms with Gasteiger partial charge >= 0.3 is 5.97 Å². The lowest BCUT2D eigenvalue weighted by Gasteiger charge is -2.40. The molecular formula is C21H20N2O3. The van der Waals surface area contributed by atoms with Crippen LogP contribution in [0, 0.1) is 11.3 Å². The Labute approximate surface area is 152 Å². The van der Waals surface area contributed by atoms with E-state index in [9.17, 15) is 9.59 Å². The quantitative estimate of drug-likeness (QED) is 0.800. The lowest BCUT2D eigenvalue weighted by molar-refractivity contribution is -0.149. The molecule has 0 aliphatic carbocycles. The maximum Gasteiger partial charge on any atom is 0.316 e. The maximum absolute atomic E-state index is 12.7. The summed E-state index contributed by atoms with van der Waals surface area (Å²) in [4.78, 5) is 27.0. The lowest BCUT2D eigenvalue weighted by atomic mass is 9.72. The smallest absolute Gasteiger partial charge is 0.316 e. The molecule has 0 atom stereocenters. The Morgan fingerprint density at radius 3 is 2.19 bits per heavy atom. The first-order valence-corrected chi connectivity index (χ1v) is 8.54. The predicted octanol–water partition coefficient (Wildman–Crippen LogP) is 2.91. The van der Waals surface area contributed by atoms with Gasteiger partial charge in [0.1, 0.15) is 0 Å². The number of carbonyl (C=O) groups excluding carboxylic acids is 2. The molecule has 1 amide bonds. The van der Waals surface area contributed by atoms with Crippen LogP contribution in [-0.4, -0.2) is 37.0 Å². The van der Waals surface area contributed by atoms with Gasteiger partial charge in [-0.05, 0) is 42.7 Å². The number of amides is 1. The third-order valence-electron chi connectivity index (χ3n) is 5.07. The molecule has 0 N–H and O–H groups in total. The average molecular weight is 348 g/mol. The second kappa shape index (κ2) is 7.40. The third kappa shape index (κ3) is 3.18. The zero-order valence-corrected chi connectivity index (χ0v) is 14.6. The average Bonchev–Trinajstić information content (AvgIpc) is 2.73. The van der Waals surface area contributed by atoms with Crippen molar-refractivity contribution < 1.29 is 14.3 Å². The predicted molar refractivity (Wildman–Crippen MR) is 96.4 cm³/mol. The molecule has 0 unspecified atom stereocenters. The monoisotopic (exact) mass is 348 g/mol. The molecule has 2 aromatic rings. The molecule has 0 aromatic heterocycles. The second-order valence-electron chi connectivity index (χ2n) is 6.42. The van der Waals surface area contributed by atoms with Gasteiger partial charge < -0.3 is 9.64 Å². The number of nitriles is 1. The summed E-state index contributed by atoms with van der Waals surface area (Å²) in [5.41, 5.74) is 1.29. The Kier molecular flexibility index (Phi) is 5.04. The second-order valence-corrected chi connectivity index (χ2v) is 6.42. The summed E-state index contributed by atoms with van der Waals surface area (Å²) in [6.45, 7) is 0.950. The van der Waals surface area contributed by atoms with Gasteiger partial charge in [-0.15, -0.1) is 0 Å². The van der Waals surface area contributed by atoms with Crippen molar-refractivity contribution in [2.45, 2.75) is 18.3 Å². The highest BCUT2D eigenvalue weighted by atomic mass is 16.5. The number of esters is 1. The number of nitrogens with zero attached hydrogens (tertiary/aromatic N) is 2. The van der Waals surface area contributed by atoms with Crippen LogP contribution >= 0.6 is 0 Å². The van der Waals surface area contributed by atoms with Crippen molar-refractivity contribution in [2.75, 3.05) is 20.2 Å². The first-order chi connectivity index (χ1) is 12.6. The Morgan fingerprint density at radius 2 is 1.65 bits per heavy atom.